The predicted molar refractivity (Wildman–Crippen MR) is 121 cm³/mol. The molecule has 0 radical (unpaired) electrons. The second-order valence-corrected chi connectivity index (χ2v) is 9.22. The van der Waals surface area contributed by atoms with Gasteiger partial charge in [0.1, 0.15) is 0 Å². The number of hydrogen-bond donors (Lipinski definition) is 0. The van der Waals surface area contributed by atoms with Crippen molar-refractivity contribution in [1.29, 1.82) is 0 Å². The summed E-state index contributed by atoms with van der Waals surface area (Å²) in [7, 11) is 0. The van der Waals surface area contributed by atoms with Gasteiger partial charge in [0.25, 0.3) is 0 Å². The minimum atomic E-state index is -0.0562. The number of ether oxygens (including phenoxy) is 2. The van der Waals surface area contributed by atoms with Gasteiger partial charge in [0, 0.05) is 6.42 Å². The molecule has 2 atom stereocenters. The number of esters is 2. The fourth-order valence-corrected chi connectivity index (χ4v) is 3.47. The van der Waals surface area contributed by atoms with Crippen LogP contribution in [-0.4, -0.2) is 24.1 Å². The Labute approximate surface area is 180 Å². The van der Waals surface area contributed by atoms with E-state index in [0.29, 0.717) is 12.3 Å². The summed E-state index contributed by atoms with van der Waals surface area (Å²) >= 11 is 0. The molecule has 0 amide bonds. The van der Waals surface area contributed by atoms with Crippen molar-refractivity contribution in [2.75, 3.05) is 0 Å². The highest BCUT2D eigenvalue weighted by atomic mass is 16.5. The van der Waals surface area contributed by atoms with Crippen LogP contribution in [0.1, 0.15) is 125 Å². The molecule has 0 aromatic rings. The van der Waals surface area contributed by atoms with Crippen molar-refractivity contribution in [3.05, 3.63) is 0 Å². The van der Waals surface area contributed by atoms with Crippen LogP contribution in [0, 0.1) is 11.8 Å². The second-order valence-electron chi connectivity index (χ2n) is 9.22. The smallest absolute Gasteiger partial charge is 0.309 e. The standard InChI is InChI=1S/C25H48O4/c1-20(2)28-24(26)19-17-15-13-11-9-7-8-10-12-14-16-18-22(5)23(6)25(27)29-21(3)4/h20-23H,7-19H2,1-6H3. The Morgan fingerprint density at radius 2 is 1.00 bits per heavy atom. The molecule has 172 valence electrons. The molecule has 0 saturated carbocycles. The summed E-state index contributed by atoms with van der Waals surface area (Å²) in [6.45, 7) is 11.8. The lowest BCUT2D eigenvalue weighted by Crippen LogP contribution is -2.24. The third kappa shape index (κ3) is 17.5. The van der Waals surface area contributed by atoms with Crippen LogP contribution in [0.25, 0.3) is 0 Å². The number of hydrogen-bond acceptors (Lipinski definition) is 4. The number of rotatable bonds is 18. The average Bonchev–Trinajstić information content (AvgIpc) is 2.63. The zero-order valence-corrected chi connectivity index (χ0v) is 20.1. The SMILES string of the molecule is CC(C)OC(=O)CCCCCCCCCCCCCC(C)C(C)C(=O)OC(C)C. The van der Waals surface area contributed by atoms with Crippen LogP contribution in [0.5, 0.6) is 0 Å². The first-order chi connectivity index (χ1) is 13.7. The molecule has 0 aromatic carbocycles. The van der Waals surface area contributed by atoms with Gasteiger partial charge in [-0.05, 0) is 46.5 Å². The van der Waals surface area contributed by atoms with Crippen molar-refractivity contribution in [3.63, 3.8) is 0 Å². The molecule has 0 saturated heterocycles. The quantitative estimate of drug-likeness (QED) is 0.176. The Morgan fingerprint density at radius 1 is 0.586 bits per heavy atom. The summed E-state index contributed by atoms with van der Waals surface area (Å²) in [5.74, 6) is 0.286. The fraction of sp³-hybridized carbons (Fsp3) is 0.920. The lowest BCUT2D eigenvalue weighted by molar-refractivity contribution is -0.153. The Morgan fingerprint density at radius 3 is 1.45 bits per heavy atom. The van der Waals surface area contributed by atoms with Gasteiger partial charge >= 0.3 is 11.9 Å². The van der Waals surface area contributed by atoms with Gasteiger partial charge in [0.05, 0.1) is 18.1 Å². The summed E-state index contributed by atoms with van der Waals surface area (Å²) in [6.07, 6.45) is 15.3. The number of carbonyl (C=O) groups is 2. The minimum absolute atomic E-state index is 0.00162. The lowest BCUT2D eigenvalue weighted by atomic mass is 9.90. The van der Waals surface area contributed by atoms with E-state index in [1.807, 2.05) is 34.6 Å². The van der Waals surface area contributed by atoms with E-state index >= 15 is 0 Å². The number of unbranched alkanes of at least 4 members (excludes halogenated alkanes) is 10. The maximum Gasteiger partial charge on any atom is 0.309 e. The topological polar surface area (TPSA) is 52.6 Å². The normalized spacial score (nSPS) is 13.5. The van der Waals surface area contributed by atoms with E-state index in [9.17, 15) is 9.59 Å². The zero-order chi connectivity index (χ0) is 22.1. The van der Waals surface area contributed by atoms with Gasteiger partial charge in [-0.25, -0.2) is 0 Å². The van der Waals surface area contributed by atoms with Gasteiger partial charge in [-0.15, -0.1) is 0 Å². The average molecular weight is 413 g/mol. The zero-order valence-electron chi connectivity index (χ0n) is 20.1. The van der Waals surface area contributed by atoms with E-state index in [0.717, 1.165) is 19.3 Å². The maximum absolute atomic E-state index is 11.9. The van der Waals surface area contributed by atoms with Gasteiger partial charge in [-0.3, -0.25) is 9.59 Å². The van der Waals surface area contributed by atoms with Crippen molar-refractivity contribution in [1.82, 2.24) is 0 Å². The van der Waals surface area contributed by atoms with E-state index in [1.165, 1.54) is 57.8 Å². The molecule has 0 rings (SSSR count). The Hall–Kier alpha value is -1.06. The highest BCUT2D eigenvalue weighted by molar-refractivity contribution is 5.72. The van der Waals surface area contributed by atoms with Gasteiger partial charge in [0.15, 0.2) is 0 Å². The summed E-state index contributed by atoms with van der Waals surface area (Å²) in [6, 6.07) is 0. The van der Waals surface area contributed by atoms with Gasteiger partial charge in [-0.2, -0.15) is 0 Å². The van der Waals surface area contributed by atoms with Crippen LogP contribution >= 0.6 is 0 Å². The Kier molecular flexibility index (Phi) is 17.1. The van der Waals surface area contributed by atoms with Crippen LogP contribution in [-0.2, 0) is 19.1 Å². The van der Waals surface area contributed by atoms with Crippen molar-refractivity contribution in [3.8, 4) is 0 Å². The summed E-state index contributed by atoms with van der Waals surface area (Å²) in [5, 5.41) is 0. The molecule has 2 unspecified atom stereocenters. The fourth-order valence-electron chi connectivity index (χ4n) is 3.47. The van der Waals surface area contributed by atoms with Gasteiger partial charge < -0.3 is 9.47 Å². The van der Waals surface area contributed by atoms with Crippen LogP contribution < -0.4 is 0 Å². The molecular weight excluding hydrogens is 364 g/mol. The molecule has 4 nitrogen and oxygen atoms in total. The van der Waals surface area contributed by atoms with Crippen molar-refractivity contribution < 1.29 is 19.1 Å². The second kappa shape index (κ2) is 17.8. The lowest BCUT2D eigenvalue weighted by Gasteiger charge is -2.20. The summed E-state index contributed by atoms with van der Waals surface area (Å²) in [4.78, 5) is 23.4. The molecular formula is C25H48O4. The summed E-state index contributed by atoms with van der Waals surface area (Å²) < 4.78 is 10.5. The minimum Gasteiger partial charge on any atom is -0.463 e. The third-order valence-corrected chi connectivity index (χ3v) is 5.48. The first-order valence-corrected chi connectivity index (χ1v) is 12.1. The molecule has 0 aromatic heterocycles. The van der Waals surface area contributed by atoms with Crippen molar-refractivity contribution in [2.45, 2.75) is 137 Å². The molecule has 0 aliphatic heterocycles. The summed E-state index contributed by atoms with van der Waals surface area (Å²) in [5.41, 5.74) is 0. The molecule has 0 fully saturated rings. The van der Waals surface area contributed by atoms with E-state index in [-0.39, 0.29) is 30.1 Å². The first kappa shape index (κ1) is 27.9. The number of carbonyl (C=O) groups excluding carboxylic acids is 2. The van der Waals surface area contributed by atoms with Crippen LogP contribution in [0.15, 0.2) is 0 Å². The Bertz CT molecular complexity index is 417. The van der Waals surface area contributed by atoms with E-state index in [4.69, 9.17) is 9.47 Å². The van der Waals surface area contributed by atoms with Crippen LogP contribution in [0.2, 0.25) is 0 Å². The predicted octanol–water partition coefficient (Wildman–Crippen LogP) is 7.23. The van der Waals surface area contributed by atoms with E-state index in [1.54, 1.807) is 0 Å². The van der Waals surface area contributed by atoms with Gasteiger partial charge in [-0.1, -0.05) is 78.1 Å². The van der Waals surface area contributed by atoms with Crippen LogP contribution in [0.4, 0.5) is 0 Å². The molecule has 0 bridgehead atoms. The maximum atomic E-state index is 11.9. The Balaban J connectivity index is 3.41. The molecule has 29 heavy (non-hydrogen) atoms. The molecule has 0 aliphatic rings. The highest BCUT2D eigenvalue weighted by Crippen LogP contribution is 2.21. The van der Waals surface area contributed by atoms with E-state index < -0.39 is 0 Å². The largest absolute Gasteiger partial charge is 0.463 e. The molecule has 0 spiro atoms. The molecule has 0 aliphatic carbocycles. The van der Waals surface area contributed by atoms with Crippen molar-refractivity contribution >= 4 is 11.9 Å². The van der Waals surface area contributed by atoms with Crippen LogP contribution in [0.3, 0.4) is 0 Å². The molecule has 0 N–H and O–H groups in total. The first-order valence-electron chi connectivity index (χ1n) is 12.1. The third-order valence-electron chi connectivity index (χ3n) is 5.48. The highest BCUT2D eigenvalue weighted by Gasteiger charge is 2.21. The molecule has 4 heteroatoms. The van der Waals surface area contributed by atoms with E-state index in [2.05, 4.69) is 6.92 Å². The van der Waals surface area contributed by atoms with Crippen molar-refractivity contribution in [2.24, 2.45) is 11.8 Å². The molecule has 0 heterocycles. The van der Waals surface area contributed by atoms with Gasteiger partial charge in [0.2, 0.25) is 0 Å². The monoisotopic (exact) mass is 412 g/mol.